The van der Waals surface area contributed by atoms with Gasteiger partial charge in [-0.05, 0) is 54.5 Å². The van der Waals surface area contributed by atoms with E-state index in [0.717, 1.165) is 29.5 Å². The Morgan fingerprint density at radius 1 is 0.923 bits per heavy atom. The molecule has 0 saturated carbocycles. The van der Waals surface area contributed by atoms with Crippen molar-refractivity contribution in [2.24, 2.45) is 5.92 Å². The molecule has 0 bridgehead atoms. The molecule has 3 amide bonds. The third-order valence-corrected chi connectivity index (χ3v) is 7.61. The summed E-state index contributed by atoms with van der Waals surface area (Å²) in [5.41, 5.74) is 4.26. The monoisotopic (exact) mass is 525 g/mol. The number of carbonyl (C=O) groups is 3. The quantitative estimate of drug-likeness (QED) is 0.442. The SMILES string of the molecule is Cc1ccc(CN2C(=O)O[C@H](c3cccc(NC(=O)Cc4ccccc4)c3)[C@H]2C(=O)N2CCC(C)CC2)cc1. The van der Waals surface area contributed by atoms with Crippen LogP contribution in [0.3, 0.4) is 0 Å². The van der Waals surface area contributed by atoms with Crippen molar-refractivity contribution in [2.75, 3.05) is 18.4 Å². The largest absolute Gasteiger partial charge is 0.438 e. The van der Waals surface area contributed by atoms with Crippen LogP contribution in [0, 0.1) is 12.8 Å². The smallest absolute Gasteiger partial charge is 0.411 e. The number of carbonyl (C=O) groups excluding carboxylic acids is 3. The number of nitrogens with zero attached hydrogens (tertiary/aromatic N) is 2. The van der Waals surface area contributed by atoms with E-state index < -0.39 is 18.2 Å². The van der Waals surface area contributed by atoms with E-state index in [2.05, 4.69) is 12.2 Å². The minimum absolute atomic E-state index is 0.0941. The average molecular weight is 526 g/mol. The van der Waals surface area contributed by atoms with Crippen molar-refractivity contribution in [1.82, 2.24) is 9.80 Å². The predicted octanol–water partition coefficient (Wildman–Crippen LogP) is 5.50. The summed E-state index contributed by atoms with van der Waals surface area (Å²) in [4.78, 5) is 43.3. The van der Waals surface area contributed by atoms with E-state index in [9.17, 15) is 14.4 Å². The number of benzene rings is 3. The van der Waals surface area contributed by atoms with Gasteiger partial charge in [0.15, 0.2) is 12.1 Å². The highest BCUT2D eigenvalue weighted by Gasteiger charge is 2.48. The van der Waals surface area contributed by atoms with Gasteiger partial charge >= 0.3 is 6.09 Å². The summed E-state index contributed by atoms with van der Waals surface area (Å²) in [6.07, 6.45) is 0.850. The van der Waals surface area contributed by atoms with Crippen LogP contribution in [0.1, 0.15) is 48.1 Å². The lowest BCUT2D eigenvalue weighted by molar-refractivity contribution is -0.138. The van der Waals surface area contributed by atoms with Gasteiger partial charge in [-0.25, -0.2) is 4.79 Å². The molecule has 0 aliphatic carbocycles. The Hall–Kier alpha value is -4.13. The van der Waals surface area contributed by atoms with E-state index in [4.69, 9.17) is 4.74 Å². The van der Waals surface area contributed by atoms with Crippen molar-refractivity contribution in [3.05, 3.63) is 101 Å². The first-order chi connectivity index (χ1) is 18.9. The number of aryl methyl sites for hydroxylation is 1. The Morgan fingerprint density at radius 3 is 2.36 bits per heavy atom. The predicted molar refractivity (Wildman–Crippen MR) is 150 cm³/mol. The zero-order chi connectivity index (χ0) is 27.4. The Labute approximate surface area is 229 Å². The highest BCUT2D eigenvalue weighted by Crippen LogP contribution is 2.36. The number of piperidine rings is 1. The molecule has 5 rings (SSSR count). The Kier molecular flexibility index (Phi) is 7.96. The summed E-state index contributed by atoms with van der Waals surface area (Å²) >= 11 is 0. The van der Waals surface area contributed by atoms with Gasteiger partial charge in [0.05, 0.1) is 13.0 Å². The van der Waals surface area contributed by atoms with E-state index in [1.54, 1.807) is 17.0 Å². The molecule has 3 aromatic carbocycles. The highest BCUT2D eigenvalue weighted by atomic mass is 16.6. The molecule has 39 heavy (non-hydrogen) atoms. The fourth-order valence-corrected chi connectivity index (χ4v) is 5.28. The zero-order valence-corrected chi connectivity index (χ0v) is 22.5. The zero-order valence-electron chi connectivity index (χ0n) is 22.5. The molecular formula is C32H35N3O4. The van der Waals surface area contributed by atoms with Gasteiger partial charge in [-0.1, -0.05) is 79.2 Å². The molecule has 0 radical (unpaired) electrons. The van der Waals surface area contributed by atoms with Crippen LogP contribution in [0.4, 0.5) is 10.5 Å². The molecule has 2 atom stereocenters. The Bertz CT molecular complexity index is 1320. The van der Waals surface area contributed by atoms with Gasteiger partial charge in [0.1, 0.15) is 0 Å². The maximum Gasteiger partial charge on any atom is 0.411 e. The van der Waals surface area contributed by atoms with Gasteiger partial charge in [0.25, 0.3) is 0 Å². The van der Waals surface area contributed by atoms with Gasteiger partial charge in [-0.2, -0.15) is 0 Å². The summed E-state index contributed by atoms with van der Waals surface area (Å²) in [6, 6.07) is 24.0. The topological polar surface area (TPSA) is 79.0 Å². The number of nitrogens with one attached hydrogen (secondary N) is 1. The standard InChI is InChI=1S/C32H35N3O4/c1-22-11-13-25(14-12-22)21-35-29(31(37)34-17-15-23(2)16-18-34)30(39-32(35)38)26-9-6-10-27(20-26)33-28(36)19-24-7-4-3-5-8-24/h3-14,20,23,29-30H,15-19,21H2,1-2H3,(H,33,36)/t29-,30+/m0/s1. The van der Waals surface area contributed by atoms with Crippen molar-refractivity contribution < 1.29 is 19.1 Å². The van der Waals surface area contributed by atoms with E-state index in [1.165, 1.54) is 0 Å². The molecular weight excluding hydrogens is 490 g/mol. The van der Waals surface area contributed by atoms with Crippen LogP contribution in [-0.4, -0.2) is 46.8 Å². The van der Waals surface area contributed by atoms with Gasteiger partial charge in [-0.3, -0.25) is 14.5 Å². The second kappa shape index (κ2) is 11.7. The molecule has 7 heteroatoms. The maximum absolute atomic E-state index is 13.9. The molecule has 7 nitrogen and oxygen atoms in total. The molecule has 2 aliphatic rings. The van der Waals surface area contributed by atoms with Crippen molar-refractivity contribution in [1.29, 1.82) is 0 Å². The lowest BCUT2D eigenvalue weighted by Gasteiger charge is -2.34. The lowest BCUT2D eigenvalue weighted by Crippen LogP contribution is -2.50. The summed E-state index contributed by atoms with van der Waals surface area (Å²) in [5, 5.41) is 2.95. The Morgan fingerprint density at radius 2 is 1.64 bits per heavy atom. The molecule has 202 valence electrons. The summed E-state index contributed by atoms with van der Waals surface area (Å²) in [6.45, 7) is 5.84. The third-order valence-electron chi connectivity index (χ3n) is 7.61. The van der Waals surface area contributed by atoms with E-state index >= 15 is 0 Å². The fourth-order valence-electron chi connectivity index (χ4n) is 5.28. The Balaban J connectivity index is 1.39. The van der Waals surface area contributed by atoms with Crippen LogP contribution in [0.15, 0.2) is 78.9 Å². The number of rotatable bonds is 7. The van der Waals surface area contributed by atoms with Gasteiger partial charge < -0.3 is 15.0 Å². The molecule has 3 aromatic rings. The molecule has 2 fully saturated rings. The van der Waals surface area contributed by atoms with Crippen LogP contribution in [0.25, 0.3) is 0 Å². The minimum Gasteiger partial charge on any atom is -0.438 e. The molecule has 0 spiro atoms. The first-order valence-corrected chi connectivity index (χ1v) is 13.6. The van der Waals surface area contributed by atoms with E-state index in [-0.39, 0.29) is 24.8 Å². The number of ether oxygens (including phenoxy) is 1. The third kappa shape index (κ3) is 6.30. The van der Waals surface area contributed by atoms with Crippen LogP contribution < -0.4 is 5.32 Å². The second-order valence-electron chi connectivity index (χ2n) is 10.7. The normalized spacial score (nSPS) is 19.6. The van der Waals surface area contributed by atoms with Gasteiger partial charge in [0.2, 0.25) is 11.8 Å². The van der Waals surface area contributed by atoms with Crippen LogP contribution in [0.5, 0.6) is 0 Å². The van der Waals surface area contributed by atoms with Crippen molar-refractivity contribution in [3.8, 4) is 0 Å². The van der Waals surface area contributed by atoms with Crippen molar-refractivity contribution in [2.45, 2.75) is 51.8 Å². The number of amides is 3. The molecule has 2 aliphatic heterocycles. The average Bonchev–Trinajstić information content (AvgIpc) is 3.26. The van der Waals surface area contributed by atoms with E-state index in [1.807, 2.05) is 78.6 Å². The second-order valence-corrected chi connectivity index (χ2v) is 10.7. The summed E-state index contributed by atoms with van der Waals surface area (Å²) in [5.74, 6) is 0.340. The first kappa shape index (κ1) is 26.5. The fraction of sp³-hybridized carbons (Fsp3) is 0.344. The molecule has 2 heterocycles. The first-order valence-electron chi connectivity index (χ1n) is 13.6. The lowest BCUT2D eigenvalue weighted by atomic mass is 9.96. The van der Waals surface area contributed by atoms with Gasteiger partial charge in [0, 0.05) is 18.8 Å². The van der Waals surface area contributed by atoms with Gasteiger partial charge in [-0.15, -0.1) is 0 Å². The number of hydrogen-bond donors (Lipinski definition) is 1. The van der Waals surface area contributed by atoms with Crippen LogP contribution in [-0.2, 0) is 27.3 Å². The highest BCUT2D eigenvalue weighted by molar-refractivity contribution is 5.92. The number of anilines is 1. The van der Waals surface area contributed by atoms with Crippen LogP contribution >= 0.6 is 0 Å². The van der Waals surface area contributed by atoms with Crippen LogP contribution in [0.2, 0.25) is 0 Å². The van der Waals surface area contributed by atoms with Crippen molar-refractivity contribution >= 4 is 23.6 Å². The number of hydrogen-bond acceptors (Lipinski definition) is 4. The minimum atomic E-state index is -0.789. The maximum atomic E-state index is 13.9. The summed E-state index contributed by atoms with van der Waals surface area (Å²) in [7, 11) is 0. The summed E-state index contributed by atoms with van der Waals surface area (Å²) < 4.78 is 5.88. The molecule has 0 unspecified atom stereocenters. The molecule has 1 N–H and O–H groups in total. The number of cyclic esters (lactones) is 1. The number of likely N-dealkylation sites (tertiary alicyclic amines) is 1. The molecule has 2 saturated heterocycles. The molecule has 0 aromatic heterocycles. The van der Waals surface area contributed by atoms with E-state index in [0.29, 0.717) is 30.3 Å². The van der Waals surface area contributed by atoms with Crippen molar-refractivity contribution in [3.63, 3.8) is 0 Å².